The number of phenols is 1. The molecule has 0 atom stereocenters. The van der Waals surface area contributed by atoms with E-state index in [1.807, 2.05) is 24.3 Å². The van der Waals surface area contributed by atoms with E-state index in [4.69, 9.17) is 0 Å². The number of hydrogen-bond acceptors (Lipinski definition) is 2. The molecule has 0 aliphatic heterocycles. The minimum Gasteiger partial charge on any atom is -0.508 e. The standard InChI is InChI=1S/C20H19NO/c22-19-11-6-9-17(14-19)15-21-20-12-5-4-10-18(20)13-16-7-2-1-3-8-16/h1-12,14,21-22H,13,15H2. The van der Waals surface area contributed by atoms with Crippen LogP contribution in [-0.4, -0.2) is 5.11 Å². The molecule has 0 bridgehead atoms. The van der Waals surface area contributed by atoms with Crippen LogP contribution in [0.4, 0.5) is 5.69 Å². The molecule has 0 amide bonds. The van der Waals surface area contributed by atoms with Crippen molar-refractivity contribution in [1.29, 1.82) is 0 Å². The van der Waals surface area contributed by atoms with Crippen LogP contribution in [0, 0.1) is 0 Å². The van der Waals surface area contributed by atoms with Gasteiger partial charge in [-0.05, 0) is 41.3 Å². The van der Waals surface area contributed by atoms with Gasteiger partial charge in [0, 0.05) is 12.2 Å². The highest BCUT2D eigenvalue weighted by atomic mass is 16.3. The van der Waals surface area contributed by atoms with Crippen LogP contribution in [0.1, 0.15) is 16.7 Å². The predicted octanol–water partition coefficient (Wildman–Crippen LogP) is 4.60. The molecule has 2 heteroatoms. The van der Waals surface area contributed by atoms with Gasteiger partial charge in [-0.1, -0.05) is 60.7 Å². The van der Waals surface area contributed by atoms with E-state index in [-0.39, 0.29) is 0 Å². The van der Waals surface area contributed by atoms with Crippen molar-refractivity contribution in [2.75, 3.05) is 5.32 Å². The summed E-state index contributed by atoms with van der Waals surface area (Å²) in [6.45, 7) is 0.695. The first kappa shape index (κ1) is 14.2. The van der Waals surface area contributed by atoms with Gasteiger partial charge in [0.05, 0.1) is 0 Å². The van der Waals surface area contributed by atoms with Gasteiger partial charge in [-0.2, -0.15) is 0 Å². The van der Waals surface area contributed by atoms with Crippen molar-refractivity contribution < 1.29 is 5.11 Å². The predicted molar refractivity (Wildman–Crippen MR) is 91.1 cm³/mol. The minimum atomic E-state index is 0.303. The number of hydrogen-bond donors (Lipinski definition) is 2. The molecule has 3 aromatic rings. The molecule has 110 valence electrons. The molecule has 0 radical (unpaired) electrons. The van der Waals surface area contributed by atoms with Crippen LogP contribution in [-0.2, 0) is 13.0 Å². The first-order valence-corrected chi connectivity index (χ1v) is 7.45. The Hall–Kier alpha value is -2.74. The summed E-state index contributed by atoms with van der Waals surface area (Å²) >= 11 is 0. The van der Waals surface area contributed by atoms with E-state index >= 15 is 0 Å². The number of phenolic OH excluding ortho intramolecular Hbond substituents is 1. The topological polar surface area (TPSA) is 32.3 Å². The summed E-state index contributed by atoms with van der Waals surface area (Å²) in [6.07, 6.45) is 0.907. The highest BCUT2D eigenvalue weighted by Gasteiger charge is 2.03. The lowest BCUT2D eigenvalue weighted by Gasteiger charge is -2.12. The minimum absolute atomic E-state index is 0.303. The fourth-order valence-electron chi connectivity index (χ4n) is 2.53. The number of nitrogens with one attached hydrogen (secondary N) is 1. The lowest BCUT2D eigenvalue weighted by atomic mass is 10.0. The molecule has 2 nitrogen and oxygen atoms in total. The zero-order valence-corrected chi connectivity index (χ0v) is 12.4. The summed E-state index contributed by atoms with van der Waals surface area (Å²) in [7, 11) is 0. The fraction of sp³-hybridized carbons (Fsp3) is 0.100. The molecule has 3 aromatic carbocycles. The zero-order chi connectivity index (χ0) is 15.2. The first-order chi connectivity index (χ1) is 10.8. The maximum atomic E-state index is 9.53. The third kappa shape index (κ3) is 3.67. The van der Waals surface area contributed by atoms with Crippen LogP contribution in [0.2, 0.25) is 0 Å². The number of rotatable bonds is 5. The van der Waals surface area contributed by atoms with Crippen molar-refractivity contribution in [3.63, 3.8) is 0 Å². The molecule has 2 N–H and O–H groups in total. The maximum absolute atomic E-state index is 9.53. The van der Waals surface area contributed by atoms with Crippen LogP contribution >= 0.6 is 0 Å². The van der Waals surface area contributed by atoms with Crippen molar-refractivity contribution in [1.82, 2.24) is 0 Å². The third-order valence-electron chi connectivity index (χ3n) is 3.65. The van der Waals surface area contributed by atoms with Crippen LogP contribution in [0.15, 0.2) is 78.9 Å². The highest BCUT2D eigenvalue weighted by Crippen LogP contribution is 2.20. The van der Waals surface area contributed by atoms with E-state index in [9.17, 15) is 5.11 Å². The van der Waals surface area contributed by atoms with Crippen LogP contribution < -0.4 is 5.32 Å². The van der Waals surface area contributed by atoms with Gasteiger partial charge in [-0.15, -0.1) is 0 Å². The molecule has 0 unspecified atom stereocenters. The molecule has 22 heavy (non-hydrogen) atoms. The van der Waals surface area contributed by atoms with E-state index in [2.05, 4.69) is 47.8 Å². The van der Waals surface area contributed by atoms with Crippen molar-refractivity contribution >= 4 is 5.69 Å². The van der Waals surface area contributed by atoms with Crippen molar-refractivity contribution in [2.24, 2.45) is 0 Å². The summed E-state index contributed by atoms with van der Waals surface area (Å²) in [5.41, 5.74) is 4.77. The van der Waals surface area contributed by atoms with E-state index in [1.54, 1.807) is 12.1 Å². The Bertz CT molecular complexity index is 737. The largest absolute Gasteiger partial charge is 0.508 e. The number of anilines is 1. The molecule has 0 saturated carbocycles. The quantitative estimate of drug-likeness (QED) is 0.719. The Morgan fingerprint density at radius 2 is 1.45 bits per heavy atom. The molecule has 0 saturated heterocycles. The zero-order valence-electron chi connectivity index (χ0n) is 12.4. The van der Waals surface area contributed by atoms with Gasteiger partial charge in [0.25, 0.3) is 0 Å². The maximum Gasteiger partial charge on any atom is 0.115 e. The Morgan fingerprint density at radius 3 is 2.27 bits per heavy atom. The number of benzene rings is 3. The molecule has 3 rings (SSSR count). The van der Waals surface area contributed by atoms with E-state index in [1.165, 1.54) is 11.1 Å². The fourth-order valence-corrected chi connectivity index (χ4v) is 2.53. The molecule has 0 spiro atoms. The van der Waals surface area contributed by atoms with Gasteiger partial charge >= 0.3 is 0 Å². The second kappa shape index (κ2) is 6.81. The first-order valence-electron chi connectivity index (χ1n) is 7.45. The van der Waals surface area contributed by atoms with E-state index in [0.717, 1.165) is 17.7 Å². The normalized spacial score (nSPS) is 10.4. The van der Waals surface area contributed by atoms with Crippen molar-refractivity contribution in [3.8, 4) is 5.75 Å². The van der Waals surface area contributed by atoms with Gasteiger partial charge in [-0.3, -0.25) is 0 Å². The second-order valence-electron chi connectivity index (χ2n) is 5.34. The molecule has 0 aliphatic rings. The SMILES string of the molecule is Oc1cccc(CNc2ccccc2Cc2ccccc2)c1. The summed E-state index contributed by atoms with van der Waals surface area (Å²) in [4.78, 5) is 0. The number of para-hydroxylation sites is 1. The van der Waals surface area contributed by atoms with Crippen LogP contribution in [0.5, 0.6) is 5.75 Å². The van der Waals surface area contributed by atoms with Crippen molar-refractivity contribution in [2.45, 2.75) is 13.0 Å². The molecule has 0 fully saturated rings. The van der Waals surface area contributed by atoms with Crippen LogP contribution in [0.25, 0.3) is 0 Å². The lowest BCUT2D eigenvalue weighted by molar-refractivity contribution is 0.474. The lowest BCUT2D eigenvalue weighted by Crippen LogP contribution is -2.02. The third-order valence-corrected chi connectivity index (χ3v) is 3.65. The van der Waals surface area contributed by atoms with Crippen LogP contribution in [0.3, 0.4) is 0 Å². The van der Waals surface area contributed by atoms with Gasteiger partial charge in [0.1, 0.15) is 5.75 Å². The summed E-state index contributed by atoms with van der Waals surface area (Å²) < 4.78 is 0. The Balaban J connectivity index is 1.74. The average Bonchev–Trinajstić information content (AvgIpc) is 2.55. The monoisotopic (exact) mass is 289 g/mol. The van der Waals surface area contributed by atoms with Crippen molar-refractivity contribution in [3.05, 3.63) is 95.6 Å². The second-order valence-corrected chi connectivity index (χ2v) is 5.34. The van der Waals surface area contributed by atoms with Gasteiger partial charge in [0.2, 0.25) is 0 Å². The Morgan fingerprint density at radius 1 is 0.727 bits per heavy atom. The number of aromatic hydroxyl groups is 1. The molecule has 0 heterocycles. The molecule has 0 aromatic heterocycles. The average molecular weight is 289 g/mol. The summed E-state index contributed by atoms with van der Waals surface area (Å²) in [5, 5.41) is 13.0. The summed E-state index contributed by atoms with van der Waals surface area (Å²) in [6, 6.07) is 26.2. The summed E-state index contributed by atoms with van der Waals surface area (Å²) in [5.74, 6) is 0.303. The molecular formula is C20H19NO. The highest BCUT2D eigenvalue weighted by molar-refractivity contribution is 5.53. The molecular weight excluding hydrogens is 270 g/mol. The smallest absolute Gasteiger partial charge is 0.115 e. The van der Waals surface area contributed by atoms with Gasteiger partial charge < -0.3 is 10.4 Å². The van der Waals surface area contributed by atoms with Gasteiger partial charge in [-0.25, -0.2) is 0 Å². The van der Waals surface area contributed by atoms with E-state index < -0.39 is 0 Å². The van der Waals surface area contributed by atoms with Gasteiger partial charge in [0.15, 0.2) is 0 Å². The Labute approximate surface area is 131 Å². The Kier molecular flexibility index (Phi) is 4.40. The van der Waals surface area contributed by atoms with E-state index in [0.29, 0.717) is 12.3 Å². The molecule has 0 aliphatic carbocycles.